The van der Waals surface area contributed by atoms with Crippen molar-refractivity contribution in [1.29, 1.82) is 5.26 Å². The number of hydrogen-bond donors (Lipinski definition) is 1. The molecule has 0 amide bonds. The van der Waals surface area contributed by atoms with Gasteiger partial charge in [-0.25, -0.2) is 0 Å². The van der Waals surface area contributed by atoms with Gasteiger partial charge in [0.15, 0.2) is 0 Å². The van der Waals surface area contributed by atoms with E-state index in [9.17, 15) is 0 Å². The number of hydrogen-bond acceptors (Lipinski definition) is 4. The summed E-state index contributed by atoms with van der Waals surface area (Å²) in [5, 5.41) is 12.1. The maximum absolute atomic E-state index is 8.99. The van der Waals surface area contributed by atoms with Crippen LogP contribution >= 0.6 is 0 Å². The van der Waals surface area contributed by atoms with Crippen molar-refractivity contribution in [3.63, 3.8) is 0 Å². The molecule has 0 saturated carbocycles. The molecular formula is C13H19N3O. The Morgan fingerprint density at radius 2 is 2.29 bits per heavy atom. The van der Waals surface area contributed by atoms with Crippen LogP contribution < -0.4 is 15.0 Å². The fraction of sp³-hybridized carbons (Fsp3) is 0.462. The molecular weight excluding hydrogens is 214 g/mol. The molecule has 0 fully saturated rings. The minimum Gasteiger partial charge on any atom is -0.497 e. The molecule has 0 aliphatic carbocycles. The second-order valence-corrected chi connectivity index (χ2v) is 3.82. The number of likely N-dealkylation sites (N-methyl/N-ethyl adjacent to an activating group) is 2. The topological polar surface area (TPSA) is 48.3 Å². The largest absolute Gasteiger partial charge is 0.497 e. The lowest BCUT2D eigenvalue weighted by atomic mass is 10.2. The average Bonchev–Trinajstić information content (AvgIpc) is 2.38. The highest BCUT2D eigenvalue weighted by Gasteiger charge is 2.10. The minimum absolute atomic E-state index is 0.156. The molecule has 4 heteroatoms. The van der Waals surface area contributed by atoms with E-state index in [1.54, 1.807) is 7.11 Å². The lowest BCUT2D eigenvalue weighted by Gasteiger charge is -2.22. The van der Waals surface area contributed by atoms with Gasteiger partial charge in [-0.2, -0.15) is 5.26 Å². The quantitative estimate of drug-likeness (QED) is 0.811. The molecule has 0 bridgehead atoms. The number of nitrogens with zero attached hydrogens (tertiary/aromatic N) is 2. The Kier molecular flexibility index (Phi) is 5.31. The Hall–Kier alpha value is -1.73. The van der Waals surface area contributed by atoms with Crippen molar-refractivity contribution < 1.29 is 4.74 Å². The predicted octanol–water partition coefficient (Wildman–Crippen LogP) is 1.63. The molecule has 4 nitrogen and oxygen atoms in total. The standard InChI is InChI=1S/C13H19N3O/c1-4-15-11(9-14)10-16(2)12-6-5-7-13(8-12)17-3/h5-8,11,15H,4,10H2,1-3H3. The van der Waals surface area contributed by atoms with Crippen LogP contribution in [0.3, 0.4) is 0 Å². The van der Waals surface area contributed by atoms with Crippen molar-refractivity contribution in [1.82, 2.24) is 5.32 Å². The summed E-state index contributed by atoms with van der Waals surface area (Å²) >= 11 is 0. The molecule has 1 aromatic rings. The first kappa shape index (κ1) is 13.3. The maximum Gasteiger partial charge on any atom is 0.120 e. The van der Waals surface area contributed by atoms with Gasteiger partial charge in [-0.1, -0.05) is 13.0 Å². The molecule has 17 heavy (non-hydrogen) atoms. The first-order valence-electron chi connectivity index (χ1n) is 5.69. The Morgan fingerprint density at radius 1 is 1.53 bits per heavy atom. The van der Waals surface area contributed by atoms with E-state index in [0.717, 1.165) is 18.0 Å². The summed E-state index contributed by atoms with van der Waals surface area (Å²) in [4.78, 5) is 2.04. The minimum atomic E-state index is -0.156. The SMILES string of the molecule is CCNC(C#N)CN(C)c1cccc(OC)c1. The maximum atomic E-state index is 8.99. The number of benzene rings is 1. The second-order valence-electron chi connectivity index (χ2n) is 3.82. The third-order valence-corrected chi connectivity index (χ3v) is 2.56. The molecule has 0 radical (unpaired) electrons. The highest BCUT2D eigenvalue weighted by Crippen LogP contribution is 2.19. The van der Waals surface area contributed by atoms with Crippen molar-refractivity contribution in [3.8, 4) is 11.8 Å². The Bertz CT molecular complexity index is 386. The van der Waals surface area contributed by atoms with E-state index >= 15 is 0 Å². The first-order chi connectivity index (χ1) is 8.21. The normalized spacial score (nSPS) is 11.6. The van der Waals surface area contributed by atoms with Crippen molar-refractivity contribution in [3.05, 3.63) is 24.3 Å². The zero-order chi connectivity index (χ0) is 12.7. The number of nitrogens with one attached hydrogen (secondary N) is 1. The van der Waals surface area contributed by atoms with Gasteiger partial charge in [-0.05, 0) is 18.7 Å². The van der Waals surface area contributed by atoms with Crippen LogP contribution in [0.4, 0.5) is 5.69 Å². The second kappa shape index (κ2) is 6.77. The van der Waals surface area contributed by atoms with Crippen LogP contribution in [-0.2, 0) is 0 Å². The van der Waals surface area contributed by atoms with Crippen molar-refractivity contribution in [2.24, 2.45) is 0 Å². The van der Waals surface area contributed by atoms with Crippen LogP contribution in [0.15, 0.2) is 24.3 Å². The highest BCUT2D eigenvalue weighted by molar-refractivity contribution is 5.50. The summed E-state index contributed by atoms with van der Waals surface area (Å²) in [5.41, 5.74) is 1.04. The summed E-state index contributed by atoms with van der Waals surface area (Å²) in [6.45, 7) is 3.44. The van der Waals surface area contributed by atoms with E-state index in [2.05, 4.69) is 11.4 Å². The number of rotatable bonds is 6. The van der Waals surface area contributed by atoms with Gasteiger partial charge in [-0.15, -0.1) is 0 Å². The van der Waals surface area contributed by atoms with Crippen LogP contribution in [0, 0.1) is 11.3 Å². The van der Waals surface area contributed by atoms with Gasteiger partial charge in [-0.3, -0.25) is 0 Å². The van der Waals surface area contributed by atoms with Crippen LogP contribution in [0.25, 0.3) is 0 Å². The fourth-order valence-electron chi connectivity index (χ4n) is 1.62. The zero-order valence-electron chi connectivity index (χ0n) is 10.6. The zero-order valence-corrected chi connectivity index (χ0v) is 10.6. The van der Waals surface area contributed by atoms with E-state index in [1.165, 1.54) is 0 Å². The molecule has 1 unspecified atom stereocenters. The van der Waals surface area contributed by atoms with Gasteiger partial charge in [0, 0.05) is 25.3 Å². The summed E-state index contributed by atoms with van der Waals surface area (Å²) in [7, 11) is 3.62. The third-order valence-electron chi connectivity index (χ3n) is 2.56. The highest BCUT2D eigenvalue weighted by atomic mass is 16.5. The Labute approximate surface area is 103 Å². The number of nitriles is 1. The number of anilines is 1. The molecule has 1 aromatic carbocycles. The van der Waals surface area contributed by atoms with E-state index in [1.807, 2.05) is 43.1 Å². The van der Waals surface area contributed by atoms with Crippen LogP contribution in [0.1, 0.15) is 6.92 Å². The first-order valence-corrected chi connectivity index (χ1v) is 5.69. The molecule has 1 rings (SSSR count). The van der Waals surface area contributed by atoms with Gasteiger partial charge in [0.25, 0.3) is 0 Å². The van der Waals surface area contributed by atoms with Crippen LogP contribution in [0.5, 0.6) is 5.75 Å². The summed E-state index contributed by atoms with van der Waals surface area (Å²) in [6.07, 6.45) is 0. The monoisotopic (exact) mass is 233 g/mol. The number of ether oxygens (including phenoxy) is 1. The lowest BCUT2D eigenvalue weighted by Crippen LogP contribution is -2.38. The van der Waals surface area contributed by atoms with E-state index < -0.39 is 0 Å². The molecule has 0 heterocycles. The number of methoxy groups -OCH3 is 1. The summed E-state index contributed by atoms with van der Waals surface area (Å²) in [5.74, 6) is 0.825. The van der Waals surface area contributed by atoms with Gasteiger partial charge in [0.1, 0.15) is 11.8 Å². The molecule has 0 saturated heterocycles. The molecule has 92 valence electrons. The lowest BCUT2D eigenvalue weighted by molar-refractivity contribution is 0.415. The van der Waals surface area contributed by atoms with Crippen LogP contribution in [0.2, 0.25) is 0 Å². The van der Waals surface area contributed by atoms with Crippen molar-refractivity contribution in [2.75, 3.05) is 32.1 Å². The molecule has 0 spiro atoms. The van der Waals surface area contributed by atoms with Gasteiger partial charge < -0.3 is 15.0 Å². The third kappa shape index (κ3) is 3.97. The van der Waals surface area contributed by atoms with Crippen molar-refractivity contribution in [2.45, 2.75) is 13.0 Å². The summed E-state index contributed by atoms with van der Waals surface area (Å²) in [6, 6.07) is 9.90. The molecule has 0 aromatic heterocycles. The van der Waals surface area contributed by atoms with E-state index in [0.29, 0.717) is 6.54 Å². The van der Waals surface area contributed by atoms with E-state index in [4.69, 9.17) is 10.00 Å². The van der Waals surface area contributed by atoms with Gasteiger partial charge >= 0.3 is 0 Å². The van der Waals surface area contributed by atoms with E-state index in [-0.39, 0.29) is 6.04 Å². The summed E-state index contributed by atoms with van der Waals surface area (Å²) < 4.78 is 5.18. The smallest absolute Gasteiger partial charge is 0.120 e. The molecule has 0 aliphatic rings. The molecule has 0 aliphatic heterocycles. The van der Waals surface area contributed by atoms with Gasteiger partial charge in [0.05, 0.1) is 13.2 Å². The average molecular weight is 233 g/mol. The van der Waals surface area contributed by atoms with Crippen LogP contribution in [-0.4, -0.2) is 33.3 Å². The van der Waals surface area contributed by atoms with Gasteiger partial charge in [0.2, 0.25) is 0 Å². The fourth-order valence-corrected chi connectivity index (χ4v) is 1.62. The Morgan fingerprint density at radius 3 is 2.88 bits per heavy atom. The predicted molar refractivity (Wildman–Crippen MR) is 69.3 cm³/mol. The molecule has 1 atom stereocenters. The Balaban J connectivity index is 2.68. The molecule has 1 N–H and O–H groups in total. The van der Waals surface area contributed by atoms with Crippen molar-refractivity contribution >= 4 is 5.69 Å².